The molecule has 0 unspecified atom stereocenters. The number of amides is 1. The van der Waals surface area contributed by atoms with Crippen LogP contribution in [0, 0.1) is 0 Å². The molecule has 0 radical (unpaired) electrons. The minimum atomic E-state index is -5.03. The second-order valence-corrected chi connectivity index (χ2v) is 17.4. The molecule has 1 aliphatic heterocycles. The van der Waals surface area contributed by atoms with Crippen molar-refractivity contribution < 1.29 is 45.0 Å². The number of rotatable bonds is 10. The van der Waals surface area contributed by atoms with Gasteiger partial charge >= 0.3 is 12.4 Å². The van der Waals surface area contributed by atoms with Crippen LogP contribution in [-0.2, 0) is 31.0 Å². The van der Waals surface area contributed by atoms with Crippen molar-refractivity contribution >= 4 is 14.2 Å². The maximum atomic E-state index is 14.1. The van der Waals surface area contributed by atoms with Crippen LogP contribution in [0.5, 0.6) is 0 Å². The van der Waals surface area contributed by atoms with E-state index in [1.165, 1.54) is 11.8 Å². The average molecular weight is 646 g/mol. The Morgan fingerprint density at radius 2 is 1.45 bits per heavy atom. The van der Waals surface area contributed by atoms with Crippen LogP contribution in [0.3, 0.4) is 0 Å². The summed E-state index contributed by atoms with van der Waals surface area (Å²) in [6, 6.07) is 10.2. The fraction of sp³-hybridized carbons (Fsp3) is 0.531. The molecule has 3 rings (SSSR count). The molecular weight excluding hydrogens is 604 g/mol. The summed E-state index contributed by atoms with van der Waals surface area (Å²) in [6.07, 6.45) is -12.7. The number of alkyl halides is 6. The summed E-state index contributed by atoms with van der Waals surface area (Å²) < 4.78 is 100.0. The van der Waals surface area contributed by atoms with Crippen molar-refractivity contribution in [3.05, 3.63) is 82.9 Å². The van der Waals surface area contributed by atoms with Gasteiger partial charge in [-0.15, -0.1) is 0 Å². The number of hydrogen-bond acceptors (Lipinski definition) is 4. The Balaban J connectivity index is 2.09. The van der Waals surface area contributed by atoms with E-state index in [4.69, 9.17) is 13.9 Å². The lowest BCUT2D eigenvalue weighted by molar-refractivity contribution is -0.153. The molecule has 0 aromatic heterocycles. The van der Waals surface area contributed by atoms with Gasteiger partial charge in [0, 0.05) is 19.0 Å². The number of ether oxygens (including phenoxy) is 2. The van der Waals surface area contributed by atoms with Crippen molar-refractivity contribution in [2.45, 2.75) is 76.3 Å². The molecule has 0 bridgehead atoms. The van der Waals surface area contributed by atoms with Gasteiger partial charge in [-0.05, 0) is 60.0 Å². The van der Waals surface area contributed by atoms with Crippen LogP contribution < -0.4 is 0 Å². The molecule has 1 saturated heterocycles. The standard InChI is InChI=1S/C32H41F6NO4Si/c1-21(20-42-44(6,7)30(3,4)5)27(23-11-9-8-10-12-23)28(29(40)39-13-15-41-16-14-39)43-22(2)24-17-25(31(33,34)35)19-26(18-24)32(36,37)38/h8-12,17-19,22,27-28H,1,13-16,20H2,2-7H3/t22-,27+,28+/m1/s1. The summed E-state index contributed by atoms with van der Waals surface area (Å²) in [6.45, 7) is 17.1. The van der Waals surface area contributed by atoms with Crippen molar-refractivity contribution in [2.24, 2.45) is 0 Å². The van der Waals surface area contributed by atoms with Gasteiger partial charge < -0.3 is 18.8 Å². The van der Waals surface area contributed by atoms with Crippen molar-refractivity contribution in [3.8, 4) is 0 Å². The second kappa shape index (κ2) is 13.8. The zero-order valence-corrected chi connectivity index (χ0v) is 26.9. The fourth-order valence-electron chi connectivity index (χ4n) is 4.62. The Hall–Kier alpha value is -2.67. The Bertz CT molecular complexity index is 1250. The molecule has 2 aromatic carbocycles. The molecule has 1 amide bonds. The predicted molar refractivity (Wildman–Crippen MR) is 159 cm³/mol. The molecule has 0 N–H and O–H groups in total. The highest BCUT2D eigenvalue weighted by atomic mass is 28.4. The number of carbonyl (C=O) groups is 1. The Morgan fingerprint density at radius 3 is 1.93 bits per heavy atom. The second-order valence-electron chi connectivity index (χ2n) is 12.6. The first-order chi connectivity index (χ1) is 20.2. The minimum Gasteiger partial charge on any atom is -0.413 e. The molecule has 1 fully saturated rings. The number of hydrogen-bond donors (Lipinski definition) is 0. The fourth-order valence-corrected chi connectivity index (χ4v) is 5.60. The van der Waals surface area contributed by atoms with E-state index >= 15 is 0 Å². The molecule has 1 heterocycles. The van der Waals surface area contributed by atoms with Crippen LogP contribution in [0.1, 0.15) is 62.0 Å². The first kappa shape index (κ1) is 35.8. The predicted octanol–water partition coefficient (Wildman–Crippen LogP) is 8.39. The summed E-state index contributed by atoms with van der Waals surface area (Å²) >= 11 is 0. The maximum Gasteiger partial charge on any atom is 0.416 e. The van der Waals surface area contributed by atoms with Gasteiger partial charge in [-0.25, -0.2) is 0 Å². The monoisotopic (exact) mass is 645 g/mol. The normalized spacial score (nSPS) is 17.2. The van der Waals surface area contributed by atoms with Gasteiger partial charge in [0.1, 0.15) is 6.10 Å². The highest BCUT2D eigenvalue weighted by molar-refractivity contribution is 6.74. The molecule has 0 saturated carbocycles. The van der Waals surface area contributed by atoms with Crippen LogP contribution in [0.2, 0.25) is 18.1 Å². The third-order valence-corrected chi connectivity index (χ3v) is 12.8. The smallest absolute Gasteiger partial charge is 0.413 e. The van der Waals surface area contributed by atoms with Gasteiger partial charge in [0.2, 0.25) is 0 Å². The van der Waals surface area contributed by atoms with Gasteiger partial charge in [0.05, 0.1) is 37.1 Å². The number of nitrogens with zero attached hydrogens (tertiary/aromatic N) is 1. The first-order valence-corrected chi connectivity index (χ1v) is 17.3. The molecule has 12 heteroatoms. The van der Waals surface area contributed by atoms with Crippen LogP contribution in [-0.4, -0.2) is 58.1 Å². The number of halogens is 6. The molecule has 44 heavy (non-hydrogen) atoms. The highest BCUT2D eigenvalue weighted by Gasteiger charge is 2.42. The van der Waals surface area contributed by atoms with Gasteiger partial charge in [0.15, 0.2) is 8.32 Å². The van der Waals surface area contributed by atoms with E-state index in [1.807, 2.05) is 0 Å². The molecule has 0 spiro atoms. The average Bonchev–Trinajstić information content (AvgIpc) is 2.94. The van der Waals surface area contributed by atoms with Crippen molar-refractivity contribution in [3.63, 3.8) is 0 Å². The zero-order chi connectivity index (χ0) is 33.1. The van der Waals surface area contributed by atoms with E-state index in [0.29, 0.717) is 23.3 Å². The van der Waals surface area contributed by atoms with E-state index in [-0.39, 0.29) is 49.6 Å². The quantitative estimate of drug-likeness (QED) is 0.148. The molecular formula is C32H41F6NO4Si. The minimum absolute atomic E-state index is 0.0689. The molecule has 3 atom stereocenters. The zero-order valence-electron chi connectivity index (χ0n) is 25.9. The third kappa shape index (κ3) is 8.95. The molecule has 244 valence electrons. The molecule has 5 nitrogen and oxygen atoms in total. The SMILES string of the molecule is C=C(CO[Si](C)(C)C(C)(C)C)[C@@H](c1ccccc1)[C@H](O[C@H](C)c1cc(C(F)(F)F)cc(C(F)(F)F)c1)C(=O)N1CCOCC1. The number of benzene rings is 2. The highest BCUT2D eigenvalue weighted by Crippen LogP contribution is 2.41. The van der Waals surface area contributed by atoms with Gasteiger partial charge in [-0.3, -0.25) is 4.79 Å². The first-order valence-electron chi connectivity index (χ1n) is 14.4. The molecule has 1 aliphatic rings. The summed E-state index contributed by atoms with van der Waals surface area (Å²) in [5.74, 6) is -1.28. The van der Waals surface area contributed by atoms with E-state index < -0.39 is 55.8 Å². The van der Waals surface area contributed by atoms with E-state index in [2.05, 4.69) is 40.4 Å². The lowest BCUT2D eigenvalue weighted by Crippen LogP contribution is -2.49. The largest absolute Gasteiger partial charge is 0.416 e. The summed E-state index contributed by atoms with van der Waals surface area (Å²) in [5.41, 5.74) is -2.13. The maximum absolute atomic E-state index is 14.1. The third-order valence-electron chi connectivity index (χ3n) is 8.32. The summed E-state index contributed by atoms with van der Waals surface area (Å²) in [7, 11) is -2.27. The van der Waals surface area contributed by atoms with Crippen LogP contribution in [0.4, 0.5) is 26.3 Å². The Morgan fingerprint density at radius 1 is 0.932 bits per heavy atom. The van der Waals surface area contributed by atoms with Gasteiger partial charge in [-0.2, -0.15) is 26.3 Å². The Kier molecular flexibility index (Phi) is 11.2. The van der Waals surface area contributed by atoms with Crippen molar-refractivity contribution in [2.75, 3.05) is 32.9 Å². The van der Waals surface area contributed by atoms with Crippen LogP contribution in [0.15, 0.2) is 60.7 Å². The Labute approximate surface area is 256 Å². The molecule has 0 aliphatic carbocycles. The lowest BCUT2D eigenvalue weighted by Gasteiger charge is -2.39. The van der Waals surface area contributed by atoms with Crippen molar-refractivity contribution in [1.29, 1.82) is 0 Å². The number of morpholine rings is 1. The topological polar surface area (TPSA) is 48.0 Å². The number of carbonyl (C=O) groups excluding carboxylic acids is 1. The van der Waals surface area contributed by atoms with Crippen LogP contribution >= 0.6 is 0 Å². The van der Waals surface area contributed by atoms with Gasteiger partial charge in [0.25, 0.3) is 5.91 Å². The van der Waals surface area contributed by atoms with Gasteiger partial charge in [-0.1, -0.05) is 57.7 Å². The van der Waals surface area contributed by atoms with E-state index in [1.54, 1.807) is 30.3 Å². The summed E-state index contributed by atoms with van der Waals surface area (Å²) in [5, 5.41) is -0.122. The lowest BCUT2D eigenvalue weighted by atomic mass is 9.86. The van der Waals surface area contributed by atoms with Crippen LogP contribution in [0.25, 0.3) is 0 Å². The van der Waals surface area contributed by atoms with E-state index in [0.717, 1.165) is 0 Å². The summed E-state index contributed by atoms with van der Waals surface area (Å²) in [4.78, 5) is 15.6. The molecule has 2 aromatic rings. The van der Waals surface area contributed by atoms with E-state index in [9.17, 15) is 31.1 Å². The van der Waals surface area contributed by atoms with Crippen molar-refractivity contribution in [1.82, 2.24) is 4.90 Å².